The standard InChI is InChI=1S/C14H23N3O3/c1-10(16-13(18)20-14(2,3)4)12-7-15-9-17(12)11-5-6-19-8-11/h7,9-11H,5-6,8H2,1-4H3,(H,16,18). The Kier molecular flexibility index (Phi) is 4.32. The average Bonchev–Trinajstić information content (AvgIpc) is 2.97. The molecule has 20 heavy (non-hydrogen) atoms. The van der Waals surface area contributed by atoms with Crippen LogP contribution in [0.4, 0.5) is 4.79 Å². The van der Waals surface area contributed by atoms with Crippen molar-refractivity contribution in [2.45, 2.75) is 51.8 Å². The van der Waals surface area contributed by atoms with Crippen LogP contribution in [0.3, 0.4) is 0 Å². The maximum atomic E-state index is 11.8. The van der Waals surface area contributed by atoms with Crippen LogP contribution in [-0.2, 0) is 9.47 Å². The molecule has 2 atom stereocenters. The number of aromatic nitrogens is 2. The molecule has 1 amide bonds. The van der Waals surface area contributed by atoms with Crippen molar-refractivity contribution in [2.75, 3.05) is 13.2 Å². The van der Waals surface area contributed by atoms with E-state index in [2.05, 4.69) is 14.9 Å². The Morgan fingerprint density at radius 3 is 2.95 bits per heavy atom. The molecule has 1 aromatic heterocycles. The molecule has 1 fully saturated rings. The van der Waals surface area contributed by atoms with Crippen molar-refractivity contribution >= 4 is 6.09 Å². The number of hydrogen-bond acceptors (Lipinski definition) is 4. The van der Waals surface area contributed by atoms with E-state index in [1.54, 1.807) is 12.5 Å². The zero-order valence-corrected chi connectivity index (χ0v) is 12.5. The third-order valence-electron chi connectivity index (χ3n) is 3.17. The third-order valence-corrected chi connectivity index (χ3v) is 3.17. The number of nitrogens with one attached hydrogen (secondary N) is 1. The van der Waals surface area contributed by atoms with E-state index in [0.29, 0.717) is 12.6 Å². The second-order valence-corrected chi connectivity index (χ2v) is 6.11. The summed E-state index contributed by atoms with van der Waals surface area (Å²) in [5, 5.41) is 2.84. The molecule has 0 aliphatic carbocycles. The lowest BCUT2D eigenvalue weighted by atomic mass is 10.2. The quantitative estimate of drug-likeness (QED) is 0.924. The Hall–Kier alpha value is -1.56. The number of imidazole rings is 1. The van der Waals surface area contributed by atoms with Crippen molar-refractivity contribution in [3.05, 3.63) is 18.2 Å². The van der Waals surface area contributed by atoms with Gasteiger partial charge in [0.2, 0.25) is 0 Å². The number of carbonyl (C=O) groups excluding carboxylic acids is 1. The molecule has 0 radical (unpaired) electrons. The van der Waals surface area contributed by atoms with Crippen LogP contribution in [0.5, 0.6) is 0 Å². The minimum Gasteiger partial charge on any atom is -0.444 e. The van der Waals surface area contributed by atoms with Gasteiger partial charge in [0.15, 0.2) is 0 Å². The summed E-state index contributed by atoms with van der Waals surface area (Å²) in [6, 6.07) is 0.142. The number of alkyl carbamates (subject to hydrolysis) is 1. The van der Waals surface area contributed by atoms with Crippen molar-refractivity contribution in [2.24, 2.45) is 0 Å². The molecule has 1 aliphatic heterocycles. The van der Waals surface area contributed by atoms with E-state index in [0.717, 1.165) is 18.7 Å². The molecule has 0 aromatic carbocycles. The molecule has 2 unspecified atom stereocenters. The minimum absolute atomic E-state index is 0.159. The Labute approximate surface area is 119 Å². The summed E-state index contributed by atoms with van der Waals surface area (Å²) in [6.07, 6.45) is 4.13. The average molecular weight is 281 g/mol. The van der Waals surface area contributed by atoms with Gasteiger partial charge in [0.05, 0.1) is 36.9 Å². The molecular weight excluding hydrogens is 258 g/mol. The van der Waals surface area contributed by atoms with E-state index in [1.807, 2.05) is 27.7 Å². The first-order valence-corrected chi connectivity index (χ1v) is 6.96. The van der Waals surface area contributed by atoms with Crippen LogP contribution < -0.4 is 5.32 Å². The number of rotatable bonds is 3. The second kappa shape index (κ2) is 5.83. The number of nitrogens with zero attached hydrogens (tertiary/aromatic N) is 2. The zero-order valence-electron chi connectivity index (χ0n) is 12.5. The molecule has 1 aromatic rings. The highest BCUT2D eigenvalue weighted by atomic mass is 16.6. The number of carbonyl (C=O) groups is 1. The van der Waals surface area contributed by atoms with Gasteiger partial charge in [-0.25, -0.2) is 9.78 Å². The van der Waals surface area contributed by atoms with Crippen molar-refractivity contribution in [1.29, 1.82) is 0 Å². The SMILES string of the molecule is CC(NC(=O)OC(C)(C)C)c1cncn1C1CCOC1. The molecule has 1 aliphatic rings. The lowest BCUT2D eigenvalue weighted by molar-refractivity contribution is 0.0505. The fourth-order valence-electron chi connectivity index (χ4n) is 2.26. The molecule has 6 nitrogen and oxygen atoms in total. The highest BCUT2D eigenvalue weighted by Gasteiger charge is 2.24. The van der Waals surface area contributed by atoms with Crippen LogP contribution in [0.15, 0.2) is 12.5 Å². The lowest BCUT2D eigenvalue weighted by Crippen LogP contribution is -2.34. The molecule has 0 spiro atoms. The largest absolute Gasteiger partial charge is 0.444 e. The van der Waals surface area contributed by atoms with Crippen molar-refractivity contribution < 1.29 is 14.3 Å². The van der Waals surface area contributed by atoms with E-state index < -0.39 is 11.7 Å². The summed E-state index contributed by atoms with van der Waals surface area (Å²) < 4.78 is 12.7. The molecule has 0 bridgehead atoms. The fraction of sp³-hybridized carbons (Fsp3) is 0.714. The maximum Gasteiger partial charge on any atom is 0.408 e. The molecule has 2 rings (SSSR count). The summed E-state index contributed by atoms with van der Waals surface area (Å²) in [4.78, 5) is 16.0. The molecule has 112 valence electrons. The van der Waals surface area contributed by atoms with E-state index in [4.69, 9.17) is 9.47 Å². The zero-order chi connectivity index (χ0) is 14.8. The molecule has 1 N–H and O–H groups in total. The molecule has 1 saturated heterocycles. The Bertz CT molecular complexity index is 458. The van der Waals surface area contributed by atoms with Gasteiger partial charge in [-0.3, -0.25) is 0 Å². The lowest BCUT2D eigenvalue weighted by Gasteiger charge is -2.23. The normalized spacial score (nSPS) is 20.7. The highest BCUT2D eigenvalue weighted by molar-refractivity contribution is 5.68. The summed E-state index contributed by atoms with van der Waals surface area (Å²) in [5.74, 6) is 0. The van der Waals surface area contributed by atoms with E-state index in [9.17, 15) is 4.79 Å². The van der Waals surface area contributed by atoms with Crippen molar-refractivity contribution in [3.8, 4) is 0 Å². The van der Waals surface area contributed by atoms with Crippen LogP contribution in [0.2, 0.25) is 0 Å². The van der Waals surface area contributed by atoms with Crippen LogP contribution in [-0.4, -0.2) is 34.5 Å². The van der Waals surface area contributed by atoms with Crippen molar-refractivity contribution in [3.63, 3.8) is 0 Å². The molecule has 6 heteroatoms. The van der Waals surface area contributed by atoms with Crippen LogP contribution >= 0.6 is 0 Å². The monoisotopic (exact) mass is 281 g/mol. The highest BCUT2D eigenvalue weighted by Crippen LogP contribution is 2.23. The van der Waals surface area contributed by atoms with Gasteiger partial charge in [0.25, 0.3) is 0 Å². The predicted molar refractivity (Wildman–Crippen MR) is 74.5 cm³/mol. The number of ether oxygens (including phenoxy) is 2. The van der Waals surface area contributed by atoms with Gasteiger partial charge < -0.3 is 19.4 Å². The Balaban J connectivity index is 2.00. The van der Waals surface area contributed by atoms with E-state index in [-0.39, 0.29) is 6.04 Å². The number of amides is 1. The first-order chi connectivity index (χ1) is 9.37. The first kappa shape index (κ1) is 14.8. The van der Waals surface area contributed by atoms with Crippen LogP contribution in [0.1, 0.15) is 51.9 Å². The first-order valence-electron chi connectivity index (χ1n) is 6.96. The molecule has 2 heterocycles. The Morgan fingerprint density at radius 2 is 2.35 bits per heavy atom. The van der Waals surface area contributed by atoms with Gasteiger partial charge in [0.1, 0.15) is 5.60 Å². The van der Waals surface area contributed by atoms with Gasteiger partial charge in [-0.2, -0.15) is 0 Å². The van der Waals surface area contributed by atoms with Crippen LogP contribution in [0.25, 0.3) is 0 Å². The summed E-state index contributed by atoms with van der Waals surface area (Å²) >= 11 is 0. The topological polar surface area (TPSA) is 65.4 Å². The smallest absolute Gasteiger partial charge is 0.408 e. The summed E-state index contributed by atoms with van der Waals surface area (Å²) in [6.45, 7) is 8.93. The summed E-state index contributed by atoms with van der Waals surface area (Å²) in [5.41, 5.74) is 0.468. The van der Waals surface area contributed by atoms with Gasteiger partial charge in [-0.15, -0.1) is 0 Å². The van der Waals surface area contributed by atoms with E-state index in [1.165, 1.54) is 0 Å². The molecular formula is C14H23N3O3. The summed E-state index contributed by atoms with van der Waals surface area (Å²) in [7, 11) is 0. The van der Waals surface area contributed by atoms with Gasteiger partial charge in [-0.05, 0) is 34.1 Å². The van der Waals surface area contributed by atoms with Crippen LogP contribution in [0, 0.1) is 0 Å². The van der Waals surface area contributed by atoms with Crippen molar-refractivity contribution in [1.82, 2.24) is 14.9 Å². The van der Waals surface area contributed by atoms with Gasteiger partial charge >= 0.3 is 6.09 Å². The third kappa shape index (κ3) is 3.72. The number of hydrogen-bond donors (Lipinski definition) is 1. The fourth-order valence-corrected chi connectivity index (χ4v) is 2.26. The maximum absolute atomic E-state index is 11.8. The van der Waals surface area contributed by atoms with E-state index >= 15 is 0 Å². The minimum atomic E-state index is -0.497. The Morgan fingerprint density at radius 1 is 1.60 bits per heavy atom. The predicted octanol–water partition coefficient (Wildman–Crippen LogP) is 2.43. The van der Waals surface area contributed by atoms with Gasteiger partial charge in [0, 0.05) is 6.61 Å². The molecule has 0 saturated carbocycles. The van der Waals surface area contributed by atoms with Gasteiger partial charge in [-0.1, -0.05) is 0 Å². The second-order valence-electron chi connectivity index (χ2n) is 6.11.